The van der Waals surface area contributed by atoms with Crippen molar-refractivity contribution < 1.29 is 24.5 Å². The van der Waals surface area contributed by atoms with E-state index in [1.807, 2.05) is 18.2 Å². The van der Waals surface area contributed by atoms with E-state index in [1.165, 1.54) is 20.8 Å². The SMILES string of the molecule is CC(N)C(=O)NC(C(=O)N1CCCC1C1=NC(CO)(Cc2cccc(Cl)c2)CO1)C(C)(C)O. The lowest BCUT2D eigenvalue weighted by molar-refractivity contribution is -0.143. The first-order chi connectivity index (χ1) is 15.5. The van der Waals surface area contributed by atoms with Crippen LogP contribution in [-0.4, -0.2) is 81.8 Å². The van der Waals surface area contributed by atoms with Crippen LogP contribution in [-0.2, 0) is 20.7 Å². The second kappa shape index (κ2) is 9.97. The van der Waals surface area contributed by atoms with Gasteiger partial charge in [0.25, 0.3) is 0 Å². The predicted molar refractivity (Wildman–Crippen MR) is 125 cm³/mol. The van der Waals surface area contributed by atoms with E-state index in [9.17, 15) is 19.8 Å². The molecule has 4 unspecified atom stereocenters. The maximum absolute atomic E-state index is 13.4. The maximum Gasteiger partial charge on any atom is 0.248 e. The van der Waals surface area contributed by atoms with E-state index in [-0.39, 0.29) is 13.2 Å². The molecule has 3 rings (SSSR count). The van der Waals surface area contributed by atoms with Gasteiger partial charge in [0, 0.05) is 18.0 Å². The van der Waals surface area contributed by atoms with Crippen LogP contribution in [0.5, 0.6) is 0 Å². The van der Waals surface area contributed by atoms with Crippen LogP contribution in [0.15, 0.2) is 29.3 Å². The van der Waals surface area contributed by atoms with Crippen LogP contribution in [0.4, 0.5) is 0 Å². The van der Waals surface area contributed by atoms with E-state index >= 15 is 0 Å². The van der Waals surface area contributed by atoms with Gasteiger partial charge in [-0.3, -0.25) is 9.59 Å². The summed E-state index contributed by atoms with van der Waals surface area (Å²) in [5.74, 6) is -0.576. The number of amides is 2. The molecule has 1 saturated heterocycles. The van der Waals surface area contributed by atoms with Gasteiger partial charge in [0.2, 0.25) is 17.7 Å². The summed E-state index contributed by atoms with van der Waals surface area (Å²) in [5.41, 5.74) is 4.19. The van der Waals surface area contributed by atoms with Gasteiger partial charge in [-0.2, -0.15) is 0 Å². The standard InChI is InChI=1S/C23H33ClN4O5/c1-14(25)19(30)26-18(22(2,3)32)21(31)28-9-5-8-17(28)20-27-23(12-29,13-33-20)11-15-6-4-7-16(24)10-15/h4,6-7,10,14,17-18,29,32H,5,8-9,11-13,25H2,1-3H3,(H,26,30). The van der Waals surface area contributed by atoms with E-state index in [1.54, 1.807) is 11.0 Å². The van der Waals surface area contributed by atoms with Crippen LogP contribution in [0, 0.1) is 0 Å². The summed E-state index contributed by atoms with van der Waals surface area (Å²) < 4.78 is 5.90. The minimum Gasteiger partial charge on any atom is -0.477 e. The molecule has 1 aromatic carbocycles. The largest absolute Gasteiger partial charge is 0.477 e. The average molecular weight is 481 g/mol. The number of likely N-dealkylation sites (tertiary alicyclic amines) is 1. The number of ether oxygens (including phenoxy) is 1. The van der Waals surface area contributed by atoms with Crippen molar-refractivity contribution >= 4 is 29.3 Å². The second-order valence-electron chi connectivity index (χ2n) is 9.50. The zero-order valence-corrected chi connectivity index (χ0v) is 20.0. The van der Waals surface area contributed by atoms with Crippen LogP contribution in [0.3, 0.4) is 0 Å². The van der Waals surface area contributed by atoms with Gasteiger partial charge in [-0.25, -0.2) is 4.99 Å². The van der Waals surface area contributed by atoms with E-state index < -0.39 is 41.1 Å². The molecule has 2 aliphatic heterocycles. The molecule has 33 heavy (non-hydrogen) atoms. The van der Waals surface area contributed by atoms with Gasteiger partial charge in [-0.1, -0.05) is 23.7 Å². The average Bonchev–Trinajstić information content (AvgIpc) is 3.38. The van der Waals surface area contributed by atoms with Crippen LogP contribution in [0.2, 0.25) is 5.02 Å². The third-order valence-corrected chi connectivity index (χ3v) is 6.26. The number of aliphatic hydroxyl groups excluding tert-OH is 1. The number of aliphatic hydroxyl groups is 2. The zero-order valence-electron chi connectivity index (χ0n) is 19.3. The highest BCUT2D eigenvalue weighted by atomic mass is 35.5. The number of nitrogens with one attached hydrogen (secondary N) is 1. The molecule has 2 heterocycles. The first kappa shape index (κ1) is 25.4. The highest BCUT2D eigenvalue weighted by molar-refractivity contribution is 6.30. The molecule has 0 bridgehead atoms. The number of carbonyl (C=O) groups is 2. The molecule has 5 N–H and O–H groups in total. The van der Waals surface area contributed by atoms with E-state index in [2.05, 4.69) is 5.32 Å². The van der Waals surface area contributed by atoms with E-state index in [4.69, 9.17) is 27.1 Å². The fraction of sp³-hybridized carbons (Fsp3) is 0.609. The summed E-state index contributed by atoms with van der Waals surface area (Å²) in [6.07, 6.45) is 1.78. The van der Waals surface area contributed by atoms with E-state index in [0.29, 0.717) is 30.3 Å². The quantitative estimate of drug-likeness (QED) is 0.430. The molecule has 0 saturated carbocycles. The Morgan fingerprint density at radius 1 is 1.45 bits per heavy atom. The molecule has 4 atom stereocenters. The predicted octanol–water partition coefficient (Wildman–Crippen LogP) is 0.636. The first-order valence-corrected chi connectivity index (χ1v) is 11.5. The monoisotopic (exact) mass is 480 g/mol. The molecule has 0 aliphatic carbocycles. The minimum absolute atomic E-state index is 0.181. The van der Waals surface area contributed by atoms with Crippen molar-refractivity contribution in [2.75, 3.05) is 19.8 Å². The van der Waals surface area contributed by atoms with Gasteiger partial charge in [0.05, 0.1) is 18.2 Å². The summed E-state index contributed by atoms with van der Waals surface area (Å²) in [5, 5.41) is 23.9. The Hall–Kier alpha value is -2.20. The Kier molecular flexibility index (Phi) is 7.68. The number of nitrogens with two attached hydrogens (primary N) is 1. The van der Waals surface area contributed by atoms with Gasteiger partial charge in [-0.05, 0) is 51.3 Å². The Bertz CT molecular complexity index is 916. The molecule has 1 fully saturated rings. The summed E-state index contributed by atoms with van der Waals surface area (Å²) in [7, 11) is 0. The van der Waals surface area contributed by atoms with Crippen LogP contribution in [0.25, 0.3) is 0 Å². The molecule has 182 valence electrons. The lowest BCUT2D eigenvalue weighted by Crippen LogP contribution is -2.61. The number of halogens is 1. The molecule has 1 aromatic rings. The molecule has 9 nitrogen and oxygen atoms in total. The minimum atomic E-state index is -1.51. The Labute approximate surface area is 198 Å². The second-order valence-corrected chi connectivity index (χ2v) is 9.94. The van der Waals surface area contributed by atoms with E-state index in [0.717, 1.165) is 12.0 Å². The van der Waals surface area contributed by atoms with Gasteiger partial charge < -0.3 is 30.9 Å². The van der Waals surface area contributed by atoms with Crippen LogP contribution in [0.1, 0.15) is 39.2 Å². The summed E-state index contributed by atoms with van der Waals surface area (Å²) in [4.78, 5) is 31.9. The number of nitrogens with zero attached hydrogens (tertiary/aromatic N) is 2. The topological polar surface area (TPSA) is 137 Å². The normalized spacial score (nSPS) is 24.8. The van der Waals surface area contributed by atoms with Crippen molar-refractivity contribution in [1.82, 2.24) is 10.2 Å². The van der Waals surface area contributed by atoms with Crippen molar-refractivity contribution in [3.8, 4) is 0 Å². The molecule has 0 spiro atoms. The third kappa shape index (κ3) is 5.84. The Balaban J connectivity index is 1.82. The summed E-state index contributed by atoms with van der Waals surface area (Å²) >= 11 is 6.10. The number of hydrogen-bond donors (Lipinski definition) is 4. The number of benzene rings is 1. The first-order valence-electron chi connectivity index (χ1n) is 11.1. The van der Waals surface area contributed by atoms with Crippen molar-refractivity contribution in [2.24, 2.45) is 10.7 Å². The number of carbonyl (C=O) groups excluding carboxylic acids is 2. The smallest absolute Gasteiger partial charge is 0.248 e. The Morgan fingerprint density at radius 3 is 2.79 bits per heavy atom. The number of rotatable bonds is 8. The van der Waals surface area contributed by atoms with Gasteiger partial charge >= 0.3 is 0 Å². The van der Waals surface area contributed by atoms with Gasteiger partial charge in [-0.15, -0.1) is 0 Å². The molecular formula is C23H33ClN4O5. The molecule has 10 heteroatoms. The maximum atomic E-state index is 13.4. The molecular weight excluding hydrogens is 448 g/mol. The molecule has 0 aromatic heterocycles. The van der Waals surface area contributed by atoms with Crippen LogP contribution >= 0.6 is 11.6 Å². The van der Waals surface area contributed by atoms with Crippen molar-refractivity contribution in [2.45, 2.75) is 69.3 Å². The number of aliphatic imine (C=N–C) groups is 1. The van der Waals surface area contributed by atoms with Gasteiger partial charge in [0.15, 0.2) is 0 Å². The fourth-order valence-electron chi connectivity index (χ4n) is 4.20. The van der Waals surface area contributed by atoms with Crippen molar-refractivity contribution in [3.05, 3.63) is 34.9 Å². The summed E-state index contributed by atoms with van der Waals surface area (Å²) in [6, 6.07) is 4.92. The lowest BCUT2D eigenvalue weighted by Gasteiger charge is -2.34. The zero-order chi connectivity index (χ0) is 24.4. The number of hydrogen-bond acceptors (Lipinski definition) is 7. The van der Waals surface area contributed by atoms with Crippen molar-refractivity contribution in [3.63, 3.8) is 0 Å². The lowest BCUT2D eigenvalue weighted by atomic mass is 9.93. The summed E-state index contributed by atoms with van der Waals surface area (Å²) in [6.45, 7) is 4.84. The van der Waals surface area contributed by atoms with Gasteiger partial charge in [0.1, 0.15) is 24.2 Å². The van der Waals surface area contributed by atoms with Crippen molar-refractivity contribution in [1.29, 1.82) is 0 Å². The highest BCUT2D eigenvalue weighted by Crippen LogP contribution is 2.30. The Morgan fingerprint density at radius 2 is 2.18 bits per heavy atom. The third-order valence-electron chi connectivity index (χ3n) is 6.03. The molecule has 2 aliphatic rings. The molecule has 0 radical (unpaired) electrons. The highest BCUT2D eigenvalue weighted by Gasteiger charge is 2.46. The fourth-order valence-corrected chi connectivity index (χ4v) is 4.41. The molecule has 2 amide bonds. The van der Waals surface area contributed by atoms with Crippen LogP contribution < -0.4 is 11.1 Å².